The molecule has 1 saturated heterocycles. The molecule has 0 aliphatic carbocycles. The molecule has 1 amide bonds. The van der Waals surface area contributed by atoms with Crippen LogP contribution in [0.3, 0.4) is 0 Å². The van der Waals surface area contributed by atoms with E-state index in [0.717, 1.165) is 0 Å². The third kappa shape index (κ3) is 12.7. The van der Waals surface area contributed by atoms with Gasteiger partial charge in [0.25, 0.3) is 11.7 Å². The number of carbonyl (C=O) groups is 3. The SMILES string of the molecule is CO[C@H]1C=CO[C@@]2(C)Oc3c(C)c([O-])c4c(O)c(c(C[NH2+]CC5COCCOCCOCCOCCO5)c(O)c4c3C2=O)NC(=O)/C(C)=C\C=C/[C@H](C)[C@H](O)[C@H](C)[C@@H](O)[C@@H](C)[C@H](OC(C)=O)[C@@H]1C. The molecule has 68 heavy (non-hydrogen) atoms. The maximum atomic E-state index is 14.6. The largest absolute Gasteiger partial charge is 0.872 e. The summed E-state index contributed by atoms with van der Waals surface area (Å²) >= 11 is 0. The average molecular weight is 959 g/mol. The zero-order chi connectivity index (χ0) is 49.9. The number of nitrogens with one attached hydrogen (secondary N) is 1. The number of aliphatic hydroxyl groups is 2. The van der Waals surface area contributed by atoms with Crippen molar-refractivity contribution < 1.29 is 87.9 Å². The minimum absolute atomic E-state index is 0.0126. The first-order valence-electron chi connectivity index (χ1n) is 23.1. The molecule has 1 fully saturated rings. The predicted molar refractivity (Wildman–Crippen MR) is 245 cm³/mol. The van der Waals surface area contributed by atoms with E-state index >= 15 is 0 Å². The number of methoxy groups -OCH3 is 1. The second kappa shape index (κ2) is 24.6. The third-order valence-corrected chi connectivity index (χ3v) is 12.9. The molecule has 0 radical (unpaired) electrons. The number of carbonyl (C=O) groups excluding carboxylic acids is 3. The minimum Gasteiger partial charge on any atom is -0.872 e. The molecule has 6 rings (SSSR count). The lowest BCUT2D eigenvalue weighted by atomic mass is 9.78. The van der Waals surface area contributed by atoms with Crippen LogP contribution in [0.25, 0.3) is 10.8 Å². The van der Waals surface area contributed by atoms with Crippen molar-refractivity contribution in [2.24, 2.45) is 23.7 Å². The van der Waals surface area contributed by atoms with Crippen LogP contribution in [0.5, 0.6) is 23.0 Å². The number of anilines is 1. The number of hydrogen-bond acceptors (Lipinski definition) is 17. The number of phenolic OH excluding ortho intramolecular Hbond substituents is 2. The number of quaternary nitrogens is 1. The Kier molecular flexibility index (Phi) is 19.6. The summed E-state index contributed by atoms with van der Waals surface area (Å²) in [4.78, 5) is 40.9. The molecule has 4 aliphatic rings. The Balaban J connectivity index is 1.60. The van der Waals surface area contributed by atoms with Crippen LogP contribution >= 0.6 is 0 Å². The standard InChI is InChI=1S/C49H70N2O17/c1-26-11-10-12-27(2)48(59)51-39-34(24-50-23-33-25-64-20-19-62-16-15-61-17-18-63-21-22-65-33)43(56)36-37(44(39)57)42(55)31(6)46-38(36)47(58)49(8,68-46)66-14-13-35(60-9)28(3)45(67-32(7)52)30(5)41(54)29(4)40(26)53/h10-14,26,28-30,33,35,40-41,45,50,53-57H,15-25H2,1-9H3,(H,51,59)/b11-10-,14-13?,27-12-/t26-,28+,29-,30+,33?,35-,40-,41+,45+,49-/m0/s1. The predicted octanol–water partition coefficient (Wildman–Crippen LogP) is 2.65. The molecule has 7 N–H and O–H groups in total. The molecule has 1 unspecified atom stereocenters. The normalized spacial score (nSPS) is 31.2. The highest BCUT2D eigenvalue weighted by Crippen LogP contribution is 2.54. The summed E-state index contributed by atoms with van der Waals surface area (Å²) in [6, 6.07) is 0. The van der Waals surface area contributed by atoms with Crippen molar-refractivity contribution in [2.75, 3.05) is 78.4 Å². The number of rotatable bonds is 6. The number of fused-ring (bicyclic) bond motifs is 14. The van der Waals surface area contributed by atoms with Crippen molar-refractivity contribution in [3.8, 4) is 23.0 Å². The third-order valence-electron chi connectivity index (χ3n) is 12.9. The molecule has 19 nitrogen and oxygen atoms in total. The maximum Gasteiger partial charge on any atom is 0.312 e. The van der Waals surface area contributed by atoms with Crippen molar-refractivity contribution in [1.29, 1.82) is 0 Å². The number of nitrogens with two attached hydrogens (primary N) is 1. The highest BCUT2D eigenvalue weighted by molar-refractivity contribution is 6.22. The number of Topliss-reactive ketones (excluding diaryl/α,β-unsaturated/α-hetero) is 1. The second-order valence-corrected chi connectivity index (χ2v) is 17.8. The van der Waals surface area contributed by atoms with Gasteiger partial charge in [-0.25, -0.2) is 0 Å². The number of hydrogen-bond donors (Lipinski definition) is 6. The summed E-state index contributed by atoms with van der Waals surface area (Å²) in [5, 5.41) is 65.3. The van der Waals surface area contributed by atoms with Crippen LogP contribution in [0.15, 0.2) is 36.1 Å². The van der Waals surface area contributed by atoms with Gasteiger partial charge in [0.2, 0.25) is 0 Å². The highest BCUT2D eigenvalue weighted by atomic mass is 16.7. The van der Waals surface area contributed by atoms with E-state index in [1.165, 1.54) is 53.2 Å². The topological polar surface area (TPSA) is 267 Å². The van der Waals surface area contributed by atoms with Crippen LogP contribution in [0.4, 0.5) is 5.69 Å². The van der Waals surface area contributed by atoms with Gasteiger partial charge in [0.1, 0.15) is 42.5 Å². The minimum atomic E-state index is -2.10. The fourth-order valence-corrected chi connectivity index (χ4v) is 8.72. The number of esters is 1. The van der Waals surface area contributed by atoms with Gasteiger partial charge in [-0.2, -0.15) is 0 Å². The fraction of sp³-hybridized carbons (Fsp3) is 0.612. The maximum absolute atomic E-state index is 14.6. The van der Waals surface area contributed by atoms with Crippen LogP contribution in [-0.4, -0.2) is 148 Å². The zero-order valence-corrected chi connectivity index (χ0v) is 40.5. The molecular weight excluding hydrogens is 889 g/mol. The van der Waals surface area contributed by atoms with Crippen LogP contribution in [0, 0.1) is 30.6 Å². The molecule has 0 saturated carbocycles. The molecule has 4 heterocycles. The summed E-state index contributed by atoms with van der Waals surface area (Å²) in [7, 11) is 1.43. The molecular formula is C49H70N2O17. The van der Waals surface area contributed by atoms with Gasteiger partial charge in [0.05, 0.1) is 101 Å². The molecule has 10 atom stereocenters. The van der Waals surface area contributed by atoms with E-state index in [2.05, 4.69) is 5.32 Å². The van der Waals surface area contributed by atoms with Gasteiger partial charge in [0, 0.05) is 61.0 Å². The molecule has 378 valence electrons. The van der Waals surface area contributed by atoms with Crippen molar-refractivity contribution in [3.63, 3.8) is 0 Å². The molecule has 19 heteroatoms. The summed E-state index contributed by atoms with van der Waals surface area (Å²) < 4.78 is 52.3. The van der Waals surface area contributed by atoms with Crippen molar-refractivity contribution in [1.82, 2.24) is 0 Å². The number of phenols is 2. The van der Waals surface area contributed by atoms with E-state index in [4.69, 9.17) is 42.6 Å². The summed E-state index contributed by atoms with van der Waals surface area (Å²) in [5.74, 6) is -8.93. The Morgan fingerprint density at radius 1 is 0.882 bits per heavy atom. The molecule has 0 aromatic heterocycles. The van der Waals surface area contributed by atoms with Gasteiger partial charge in [-0.1, -0.05) is 51.7 Å². The second-order valence-electron chi connectivity index (χ2n) is 17.8. The summed E-state index contributed by atoms with van der Waals surface area (Å²) in [6.07, 6.45) is 2.93. The van der Waals surface area contributed by atoms with Crippen LogP contribution in [0.1, 0.15) is 70.0 Å². The summed E-state index contributed by atoms with van der Waals surface area (Å²) in [6.45, 7) is 15.6. The lowest BCUT2D eigenvalue weighted by Crippen LogP contribution is -2.85. The number of ether oxygens (including phenoxy) is 9. The zero-order valence-electron chi connectivity index (χ0n) is 40.5. The molecule has 0 spiro atoms. The van der Waals surface area contributed by atoms with Crippen molar-refractivity contribution >= 4 is 34.1 Å². The first-order chi connectivity index (χ1) is 32.3. The van der Waals surface area contributed by atoms with E-state index in [-0.39, 0.29) is 65.4 Å². The molecule has 2 aromatic rings. The quantitative estimate of drug-likeness (QED) is 0.138. The van der Waals surface area contributed by atoms with Gasteiger partial charge >= 0.3 is 11.8 Å². The van der Waals surface area contributed by atoms with E-state index in [1.54, 1.807) is 45.2 Å². The fourth-order valence-electron chi connectivity index (χ4n) is 8.72. The average Bonchev–Trinajstić information content (AvgIpc) is 3.56. The van der Waals surface area contributed by atoms with E-state index in [9.17, 15) is 39.9 Å². The van der Waals surface area contributed by atoms with Gasteiger partial charge < -0.3 is 78.8 Å². The molecule has 5 bridgehead atoms. The number of allylic oxidation sites excluding steroid dienone is 2. The van der Waals surface area contributed by atoms with Gasteiger partial charge in [0.15, 0.2) is 0 Å². The molecule has 4 aliphatic heterocycles. The number of benzene rings is 2. The Bertz CT molecular complexity index is 2160. The van der Waals surface area contributed by atoms with E-state index in [0.29, 0.717) is 46.2 Å². The Hall–Kier alpha value is -4.83. The lowest BCUT2D eigenvalue weighted by molar-refractivity contribution is -0.677. The Morgan fingerprint density at radius 2 is 1.51 bits per heavy atom. The Morgan fingerprint density at radius 3 is 2.15 bits per heavy atom. The van der Waals surface area contributed by atoms with Crippen LogP contribution in [0.2, 0.25) is 0 Å². The van der Waals surface area contributed by atoms with Crippen molar-refractivity contribution in [2.45, 2.75) is 98.2 Å². The number of aromatic hydroxyl groups is 2. The first-order valence-corrected chi connectivity index (χ1v) is 23.1. The Labute approximate surface area is 397 Å². The van der Waals surface area contributed by atoms with Gasteiger partial charge in [-0.05, 0) is 25.5 Å². The number of ketones is 1. The monoisotopic (exact) mass is 958 g/mol. The van der Waals surface area contributed by atoms with Crippen LogP contribution in [-0.2, 0) is 54.0 Å². The highest BCUT2D eigenvalue weighted by Gasteiger charge is 2.49. The van der Waals surface area contributed by atoms with E-state index < -0.39 is 100 Å². The lowest BCUT2D eigenvalue weighted by Gasteiger charge is -2.38. The van der Waals surface area contributed by atoms with E-state index in [1.807, 2.05) is 0 Å². The molecule has 2 aromatic carbocycles. The van der Waals surface area contributed by atoms with Crippen molar-refractivity contribution in [3.05, 3.63) is 52.8 Å². The van der Waals surface area contributed by atoms with Crippen LogP contribution < -0.4 is 20.5 Å². The smallest absolute Gasteiger partial charge is 0.312 e. The first kappa shape index (κ1) is 54.1. The summed E-state index contributed by atoms with van der Waals surface area (Å²) in [5.41, 5.74) is -0.409. The number of aliphatic hydroxyl groups excluding tert-OH is 2. The number of amides is 1. The van der Waals surface area contributed by atoms with Gasteiger partial charge in [-0.15, -0.1) is 0 Å². The van der Waals surface area contributed by atoms with Gasteiger partial charge in [-0.3, -0.25) is 14.4 Å².